The molecule has 0 aliphatic heterocycles. The second-order valence-electron chi connectivity index (χ2n) is 6.17. The van der Waals surface area contributed by atoms with Crippen molar-refractivity contribution in [3.8, 4) is 11.1 Å². The highest BCUT2D eigenvalue weighted by atomic mass is 14.8. The van der Waals surface area contributed by atoms with E-state index in [0.717, 1.165) is 13.1 Å². The van der Waals surface area contributed by atoms with Crippen molar-refractivity contribution in [2.45, 2.75) is 46.1 Å². The van der Waals surface area contributed by atoms with Gasteiger partial charge < -0.3 is 5.32 Å². The van der Waals surface area contributed by atoms with Crippen LogP contribution >= 0.6 is 0 Å². The monoisotopic (exact) mass is 279 g/mol. The molecule has 0 saturated carbocycles. The molecule has 0 unspecified atom stereocenters. The Morgan fingerprint density at radius 1 is 1.00 bits per heavy atom. The first-order chi connectivity index (χ1) is 10.3. The van der Waals surface area contributed by atoms with Crippen LogP contribution in [0.15, 0.2) is 36.4 Å². The van der Waals surface area contributed by atoms with Crippen molar-refractivity contribution in [2.75, 3.05) is 6.54 Å². The van der Waals surface area contributed by atoms with Gasteiger partial charge in [-0.25, -0.2) is 0 Å². The minimum Gasteiger partial charge on any atom is -0.313 e. The van der Waals surface area contributed by atoms with Crippen LogP contribution in [0.25, 0.3) is 11.1 Å². The third-order valence-corrected chi connectivity index (χ3v) is 4.42. The van der Waals surface area contributed by atoms with Gasteiger partial charge in [-0.1, -0.05) is 48.9 Å². The third-order valence-electron chi connectivity index (χ3n) is 4.42. The Morgan fingerprint density at radius 3 is 2.71 bits per heavy atom. The maximum Gasteiger partial charge on any atom is 0.0211 e. The zero-order valence-electron chi connectivity index (χ0n) is 13.2. The van der Waals surface area contributed by atoms with E-state index in [1.807, 2.05) is 0 Å². The first kappa shape index (κ1) is 14.3. The van der Waals surface area contributed by atoms with Gasteiger partial charge in [0.2, 0.25) is 0 Å². The Morgan fingerprint density at radius 2 is 1.86 bits per heavy atom. The number of hydrogen-bond donors (Lipinski definition) is 1. The van der Waals surface area contributed by atoms with E-state index >= 15 is 0 Å². The molecule has 0 bridgehead atoms. The van der Waals surface area contributed by atoms with Crippen LogP contribution in [-0.4, -0.2) is 6.54 Å². The topological polar surface area (TPSA) is 12.0 Å². The molecule has 0 fully saturated rings. The van der Waals surface area contributed by atoms with Crippen molar-refractivity contribution in [1.82, 2.24) is 5.32 Å². The number of fused-ring (bicyclic) bond motifs is 1. The molecule has 0 atom stereocenters. The van der Waals surface area contributed by atoms with Gasteiger partial charge in [0.05, 0.1) is 0 Å². The van der Waals surface area contributed by atoms with Crippen LogP contribution in [0.5, 0.6) is 0 Å². The SMILES string of the molecule is CCCNCc1ccc(C)cc1-c1ccc2c(c1)CCC2. The molecule has 21 heavy (non-hydrogen) atoms. The van der Waals surface area contributed by atoms with Crippen molar-refractivity contribution < 1.29 is 0 Å². The molecule has 1 heteroatoms. The van der Waals surface area contributed by atoms with Crippen LogP contribution in [0, 0.1) is 6.92 Å². The lowest BCUT2D eigenvalue weighted by atomic mass is 9.95. The van der Waals surface area contributed by atoms with Crippen LogP contribution < -0.4 is 5.32 Å². The number of rotatable bonds is 5. The summed E-state index contributed by atoms with van der Waals surface area (Å²) in [5, 5.41) is 3.53. The second kappa shape index (κ2) is 6.44. The number of nitrogens with one attached hydrogen (secondary N) is 1. The van der Waals surface area contributed by atoms with E-state index < -0.39 is 0 Å². The molecule has 0 amide bonds. The molecule has 3 rings (SSSR count). The molecule has 1 nitrogen and oxygen atoms in total. The predicted octanol–water partition coefficient (Wildman–Crippen LogP) is 4.65. The Labute approximate surface area is 128 Å². The molecule has 0 radical (unpaired) electrons. The van der Waals surface area contributed by atoms with E-state index in [1.54, 1.807) is 11.1 Å². The fourth-order valence-corrected chi connectivity index (χ4v) is 3.25. The first-order valence-corrected chi connectivity index (χ1v) is 8.20. The maximum absolute atomic E-state index is 3.53. The average Bonchev–Trinajstić information content (AvgIpc) is 2.96. The van der Waals surface area contributed by atoms with Gasteiger partial charge >= 0.3 is 0 Å². The van der Waals surface area contributed by atoms with Crippen LogP contribution in [0.4, 0.5) is 0 Å². The second-order valence-corrected chi connectivity index (χ2v) is 6.17. The number of aryl methyl sites for hydroxylation is 3. The summed E-state index contributed by atoms with van der Waals surface area (Å²) in [7, 11) is 0. The summed E-state index contributed by atoms with van der Waals surface area (Å²) in [4.78, 5) is 0. The lowest BCUT2D eigenvalue weighted by molar-refractivity contribution is 0.676. The summed E-state index contributed by atoms with van der Waals surface area (Å²) >= 11 is 0. The zero-order valence-corrected chi connectivity index (χ0v) is 13.2. The van der Waals surface area contributed by atoms with Crippen LogP contribution in [0.1, 0.15) is 42.0 Å². The molecule has 1 aliphatic rings. The fourth-order valence-electron chi connectivity index (χ4n) is 3.25. The highest BCUT2D eigenvalue weighted by Crippen LogP contribution is 2.30. The van der Waals surface area contributed by atoms with Gasteiger partial charge in [0.25, 0.3) is 0 Å². The molecular formula is C20H25N. The predicted molar refractivity (Wildman–Crippen MR) is 90.6 cm³/mol. The highest BCUT2D eigenvalue weighted by molar-refractivity contribution is 5.69. The van der Waals surface area contributed by atoms with Crippen LogP contribution in [0.3, 0.4) is 0 Å². The van der Waals surface area contributed by atoms with Gasteiger partial charge in [0, 0.05) is 6.54 Å². The summed E-state index contributed by atoms with van der Waals surface area (Å²) < 4.78 is 0. The number of benzene rings is 2. The van der Waals surface area contributed by atoms with Gasteiger partial charge in [-0.2, -0.15) is 0 Å². The van der Waals surface area contributed by atoms with E-state index in [2.05, 4.69) is 55.6 Å². The van der Waals surface area contributed by atoms with Crippen molar-refractivity contribution in [2.24, 2.45) is 0 Å². The molecule has 2 aromatic rings. The van der Waals surface area contributed by atoms with Crippen LogP contribution in [-0.2, 0) is 19.4 Å². The molecule has 0 saturated heterocycles. The van der Waals surface area contributed by atoms with Crippen molar-refractivity contribution >= 4 is 0 Å². The highest BCUT2D eigenvalue weighted by Gasteiger charge is 2.13. The quantitative estimate of drug-likeness (QED) is 0.786. The maximum atomic E-state index is 3.53. The smallest absolute Gasteiger partial charge is 0.0211 e. The average molecular weight is 279 g/mol. The Hall–Kier alpha value is -1.60. The minimum absolute atomic E-state index is 0.959. The number of hydrogen-bond acceptors (Lipinski definition) is 1. The summed E-state index contributed by atoms with van der Waals surface area (Å²) in [6.45, 7) is 6.43. The van der Waals surface area contributed by atoms with E-state index in [0.29, 0.717) is 0 Å². The fraction of sp³-hybridized carbons (Fsp3) is 0.400. The molecule has 0 heterocycles. The Balaban J connectivity index is 1.94. The molecule has 2 aromatic carbocycles. The molecule has 1 aliphatic carbocycles. The lowest BCUT2D eigenvalue weighted by Crippen LogP contribution is -2.14. The minimum atomic E-state index is 0.959. The van der Waals surface area contributed by atoms with E-state index in [1.165, 1.54) is 47.9 Å². The Kier molecular flexibility index (Phi) is 4.40. The van der Waals surface area contributed by atoms with E-state index in [4.69, 9.17) is 0 Å². The third kappa shape index (κ3) is 3.19. The standard InChI is InChI=1S/C20H25N/c1-3-11-21-14-19-8-7-15(2)12-20(19)18-10-9-16-5-4-6-17(16)13-18/h7-10,12-13,21H,3-6,11,14H2,1-2H3. The normalized spacial score (nSPS) is 13.4. The van der Waals surface area contributed by atoms with Gasteiger partial charge in [-0.15, -0.1) is 0 Å². The van der Waals surface area contributed by atoms with Crippen LogP contribution in [0.2, 0.25) is 0 Å². The largest absolute Gasteiger partial charge is 0.313 e. The zero-order chi connectivity index (χ0) is 14.7. The summed E-state index contributed by atoms with van der Waals surface area (Å²) in [6.07, 6.45) is 5.00. The first-order valence-electron chi connectivity index (χ1n) is 8.20. The van der Waals surface area contributed by atoms with Gasteiger partial charge in [-0.05, 0) is 67.0 Å². The summed E-state index contributed by atoms with van der Waals surface area (Å²) in [5.41, 5.74) is 8.64. The van der Waals surface area contributed by atoms with Crippen molar-refractivity contribution in [1.29, 1.82) is 0 Å². The summed E-state index contributed by atoms with van der Waals surface area (Å²) in [5.74, 6) is 0. The molecular weight excluding hydrogens is 254 g/mol. The van der Waals surface area contributed by atoms with Crippen molar-refractivity contribution in [3.05, 3.63) is 58.7 Å². The molecule has 110 valence electrons. The van der Waals surface area contributed by atoms with Gasteiger partial charge in [-0.3, -0.25) is 0 Å². The molecule has 1 N–H and O–H groups in total. The molecule has 0 aromatic heterocycles. The van der Waals surface area contributed by atoms with Gasteiger partial charge in [0.1, 0.15) is 0 Å². The summed E-state index contributed by atoms with van der Waals surface area (Å²) in [6, 6.07) is 13.9. The van der Waals surface area contributed by atoms with Crippen molar-refractivity contribution in [3.63, 3.8) is 0 Å². The van der Waals surface area contributed by atoms with Gasteiger partial charge in [0.15, 0.2) is 0 Å². The Bertz CT molecular complexity index is 628. The van der Waals surface area contributed by atoms with E-state index in [-0.39, 0.29) is 0 Å². The van der Waals surface area contributed by atoms with E-state index in [9.17, 15) is 0 Å². The molecule has 0 spiro atoms. The lowest BCUT2D eigenvalue weighted by Gasteiger charge is -2.13.